The summed E-state index contributed by atoms with van der Waals surface area (Å²) in [4.78, 5) is 0. The van der Waals surface area contributed by atoms with Crippen molar-refractivity contribution in [1.29, 1.82) is 0 Å². The van der Waals surface area contributed by atoms with Gasteiger partial charge in [0, 0.05) is 26.2 Å². The van der Waals surface area contributed by atoms with E-state index in [4.69, 9.17) is 10.2 Å². The number of piperazine rings is 1. The van der Waals surface area contributed by atoms with Crippen LogP contribution in [0.25, 0.3) is 0 Å². The molecule has 1 unspecified atom stereocenters. The molecule has 5 heteroatoms. The normalized spacial score (nSPS) is 18.2. The molecule has 0 radical (unpaired) electrons. The van der Waals surface area contributed by atoms with Crippen LogP contribution < -0.4 is 10.6 Å². The first-order valence-corrected chi connectivity index (χ1v) is 3.97. The molecular weight excluding hydrogens is 160 g/mol. The molecule has 12 heavy (non-hydrogen) atoms. The zero-order chi connectivity index (χ0) is 8.53. The maximum absolute atomic E-state index is 8.11. The lowest BCUT2D eigenvalue weighted by Gasteiger charge is -2.11. The molecule has 1 rings (SSSR count). The molecule has 0 aromatic rings. The van der Waals surface area contributed by atoms with Crippen molar-refractivity contribution in [2.45, 2.75) is 13.0 Å². The number of aliphatic hydroxyl groups excluding tert-OH is 2. The van der Waals surface area contributed by atoms with Gasteiger partial charge >= 0.3 is 0 Å². The standard InChI is InChI=1S/C4H10N2.C3H8O2.H2O/c1-2-6-4-3-5-1;1-3(5)2-4;/h5-6H,1-4H2;3-5H,2H2,1H3;1H2. The number of nitrogens with one attached hydrogen (secondary N) is 2. The molecule has 1 heterocycles. The topological polar surface area (TPSA) is 96.0 Å². The Morgan fingerprint density at radius 3 is 1.50 bits per heavy atom. The number of hydrogen-bond acceptors (Lipinski definition) is 4. The van der Waals surface area contributed by atoms with Crippen LogP contribution in [0.2, 0.25) is 0 Å². The van der Waals surface area contributed by atoms with Crippen LogP contribution in [0, 0.1) is 0 Å². The fourth-order valence-electron chi connectivity index (χ4n) is 0.604. The van der Waals surface area contributed by atoms with Gasteiger partial charge in [-0.25, -0.2) is 0 Å². The second-order valence-electron chi connectivity index (χ2n) is 2.53. The van der Waals surface area contributed by atoms with Crippen molar-refractivity contribution in [3.63, 3.8) is 0 Å². The molecule has 0 spiro atoms. The van der Waals surface area contributed by atoms with Gasteiger partial charge in [-0.15, -0.1) is 0 Å². The van der Waals surface area contributed by atoms with Crippen LogP contribution in [0.4, 0.5) is 0 Å². The van der Waals surface area contributed by atoms with E-state index in [-0.39, 0.29) is 12.1 Å². The average molecular weight is 180 g/mol. The average Bonchev–Trinajstić information content (AvgIpc) is 2.09. The predicted octanol–water partition coefficient (Wildman–Crippen LogP) is -2.29. The molecule has 6 N–H and O–H groups in total. The Balaban J connectivity index is 0. The van der Waals surface area contributed by atoms with Gasteiger partial charge in [-0.1, -0.05) is 0 Å². The van der Waals surface area contributed by atoms with E-state index in [1.54, 1.807) is 0 Å². The Bertz CT molecular complexity index is 65.5. The second kappa shape index (κ2) is 10.8. The third-order valence-electron chi connectivity index (χ3n) is 1.22. The predicted molar refractivity (Wildman–Crippen MR) is 48.1 cm³/mol. The Morgan fingerprint density at radius 1 is 1.17 bits per heavy atom. The summed E-state index contributed by atoms with van der Waals surface area (Å²) < 4.78 is 0. The van der Waals surface area contributed by atoms with E-state index >= 15 is 0 Å². The molecule has 1 atom stereocenters. The minimum Gasteiger partial charge on any atom is -0.412 e. The molecule has 76 valence electrons. The zero-order valence-corrected chi connectivity index (χ0v) is 7.51. The van der Waals surface area contributed by atoms with Crippen LogP contribution >= 0.6 is 0 Å². The van der Waals surface area contributed by atoms with Gasteiger partial charge in [0.15, 0.2) is 0 Å². The summed E-state index contributed by atoms with van der Waals surface area (Å²) in [6.07, 6.45) is -0.560. The van der Waals surface area contributed by atoms with Crippen molar-refractivity contribution < 1.29 is 15.7 Å². The summed E-state index contributed by atoms with van der Waals surface area (Å²) in [6.45, 7) is 5.94. The fourth-order valence-corrected chi connectivity index (χ4v) is 0.604. The second-order valence-corrected chi connectivity index (χ2v) is 2.53. The SMILES string of the molecule is C1CNCCN1.CC(O)CO.O. The zero-order valence-electron chi connectivity index (χ0n) is 7.51. The van der Waals surface area contributed by atoms with E-state index < -0.39 is 6.10 Å². The summed E-state index contributed by atoms with van der Waals surface area (Å²) in [5.74, 6) is 0. The first kappa shape index (κ1) is 14.3. The monoisotopic (exact) mass is 180 g/mol. The molecule has 0 aliphatic carbocycles. The molecule has 1 saturated heterocycles. The summed E-state index contributed by atoms with van der Waals surface area (Å²) in [7, 11) is 0. The van der Waals surface area contributed by atoms with Crippen molar-refractivity contribution in [3.05, 3.63) is 0 Å². The van der Waals surface area contributed by atoms with Crippen LogP contribution in [0.3, 0.4) is 0 Å². The highest BCUT2D eigenvalue weighted by Gasteiger charge is 1.91. The van der Waals surface area contributed by atoms with Gasteiger partial charge in [0.05, 0.1) is 12.7 Å². The van der Waals surface area contributed by atoms with E-state index in [0.717, 1.165) is 26.2 Å². The Kier molecular flexibility index (Phi) is 12.9. The van der Waals surface area contributed by atoms with Crippen LogP contribution in [0.5, 0.6) is 0 Å². The molecule has 5 nitrogen and oxygen atoms in total. The van der Waals surface area contributed by atoms with Crippen LogP contribution in [0.1, 0.15) is 6.92 Å². The minimum atomic E-state index is -0.560. The lowest BCUT2D eigenvalue weighted by Crippen LogP contribution is -2.39. The van der Waals surface area contributed by atoms with Gasteiger partial charge < -0.3 is 26.3 Å². The smallest absolute Gasteiger partial charge is 0.0742 e. The molecule has 0 aromatic heterocycles. The molecular formula is C7H20N2O3. The van der Waals surface area contributed by atoms with E-state index in [0.29, 0.717) is 0 Å². The molecule has 1 aliphatic rings. The number of hydrogen-bond donors (Lipinski definition) is 4. The third-order valence-corrected chi connectivity index (χ3v) is 1.22. The largest absolute Gasteiger partial charge is 0.412 e. The van der Waals surface area contributed by atoms with Gasteiger partial charge in [0.25, 0.3) is 0 Å². The van der Waals surface area contributed by atoms with Crippen LogP contribution in [-0.2, 0) is 0 Å². The number of aliphatic hydroxyl groups is 2. The minimum absolute atomic E-state index is 0. The van der Waals surface area contributed by atoms with Crippen molar-refractivity contribution in [3.8, 4) is 0 Å². The Labute approximate surface area is 73.1 Å². The highest BCUT2D eigenvalue weighted by atomic mass is 16.3. The van der Waals surface area contributed by atoms with Crippen molar-refractivity contribution in [1.82, 2.24) is 10.6 Å². The highest BCUT2D eigenvalue weighted by molar-refractivity contribution is 4.59. The summed E-state index contributed by atoms with van der Waals surface area (Å²) in [6, 6.07) is 0. The first-order chi connectivity index (χ1) is 5.27. The van der Waals surface area contributed by atoms with Crippen molar-refractivity contribution in [2.24, 2.45) is 0 Å². The van der Waals surface area contributed by atoms with Crippen molar-refractivity contribution in [2.75, 3.05) is 32.8 Å². The van der Waals surface area contributed by atoms with Crippen LogP contribution in [-0.4, -0.2) is 54.6 Å². The van der Waals surface area contributed by atoms with Gasteiger partial charge in [-0.2, -0.15) is 0 Å². The molecule has 0 saturated carbocycles. The van der Waals surface area contributed by atoms with Crippen LogP contribution in [0.15, 0.2) is 0 Å². The molecule has 0 aromatic carbocycles. The Hall–Kier alpha value is -0.200. The van der Waals surface area contributed by atoms with E-state index in [1.165, 1.54) is 6.92 Å². The first-order valence-electron chi connectivity index (χ1n) is 3.97. The maximum atomic E-state index is 8.11. The molecule has 1 fully saturated rings. The lowest BCUT2D eigenvalue weighted by atomic mass is 10.4. The van der Waals surface area contributed by atoms with E-state index in [9.17, 15) is 0 Å². The van der Waals surface area contributed by atoms with Crippen molar-refractivity contribution >= 4 is 0 Å². The van der Waals surface area contributed by atoms with Gasteiger partial charge in [-0.3, -0.25) is 0 Å². The molecule has 0 amide bonds. The maximum Gasteiger partial charge on any atom is 0.0742 e. The van der Waals surface area contributed by atoms with Gasteiger partial charge in [0.1, 0.15) is 0 Å². The van der Waals surface area contributed by atoms with E-state index in [2.05, 4.69) is 10.6 Å². The highest BCUT2D eigenvalue weighted by Crippen LogP contribution is 1.68. The molecule has 1 aliphatic heterocycles. The van der Waals surface area contributed by atoms with Gasteiger partial charge in [-0.05, 0) is 6.92 Å². The van der Waals surface area contributed by atoms with E-state index in [1.807, 2.05) is 0 Å². The summed E-state index contributed by atoms with van der Waals surface area (Å²) >= 11 is 0. The summed E-state index contributed by atoms with van der Waals surface area (Å²) in [5.41, 5.74) is 0. The Morgan fingerprint density at radius 2 is 1.42 bits per heavy atom. The lowest BCUT2D eigenvalue weighted by molar-refractivity contribution is 0.110. The quantitative estimate of drug-likeness (QED) is 0.365. The fraction of sp³-hybridized carbons (Fsp3) is 1.00. The molecule has 0 bridgehead atoms. The van der Waals surface area contributed by atoms with Gasteiger partial charge in [0.2, 0.25) is 0 Å². The number of rotatable bonds is 1. The summed E-state index contributed by atoms with van der Waals surface area (Å²) in [5, 5.41) is 22.4. The third kappa shape index (κ3) is 12.5.